The van der Waals surface area contributed by atoms with E-state index in [0.717, 1.165) is 28.6 Å². The number of aromatic nitrogens is 1. The zero-order valence-electron chi connectivity index (χ0n) is 20.0. The fourth-order valence-corrected chi connectivity index (χ4v) is 4.13. The first-order chi connectivity index (χ1) is 18.4. The highest BCUT2D eigenvalue weighted by molar-refractivity contribution is 6.02. The number of amides is 2. The number of carbonyl (C=O) groups excluding carboxylic acids is 4. The first-order valence-electron chi connectivity index (χ1n) is 11.8. The van der Waals surface area contributed by atoms with Gasteiger partial charge in [-0.15, -0.1) is 0 Å². The summed E-state index contributed by atoms with van der Waals surface area (Å²) in [6, 6.07) is 15.8. The first-order valence-corrected chi connectivity index (χ1v) is 11.8. The molecule has 0 radical (unpaired) electrons. The molecule has 2 amide bonds. The van der Waals surface area contributed by atoms with E-state index in [-0.39, 0.29) is 30.1 Å². The molecular weight excluding hydrogens is 493 g/mol. The van der Waals surface area contributed by atoms with Gasteiger partial charge in [0.25, 0.3) is 11.8 Å². The van der Waals surface area contributed by atoms with Crippen LogP contribution in [0, 0.1) is 5.82 Å². The molecule has 0 saturated heterocycles. The van der Waals surface area contributed by atoms with Crippen molar-refractivity contribution in [3.05, 3.63) is 95.4 Å². The van der Waals surface area contributed by atoms with E-state index in [1.807, 2.05) is 24.3 Å². The number of fused-ring (bicyclic) bond motifs is 2. The number of ketones is 1. The Morgan fingerprint density at radius 1 is 1.03 bits per heavy atom. The number of para-hydroxylation sites is 1. The number of nitrogens with one attached hydrogen (secondary N) is 3. The summed E-state index contributed by atoms with van der Waals surface area (Å²) in [7, 11) is 0. The lowest BCUT2D eigenvalue weighted by atomic mass is 10.0. The van der Waals surface area contributed by atoms with Crippen LogP contribution in [0.3, 0.4) is 0 Å². The van der Waals surface area contributed by atoms with E-state index >= 15 is 0 Å². The van der Waals surface area contributed by atoms with E-state index in [1.54, 1.807) is 12.3 Å². The molecule has 9 nitrogen and oxygen atoms in total. The second kappa shape index (κ2) is 10.6. The predicted octanol–water partition coefficient (Wildman–Crippen LogP) is 3.41. The van der Waals surface area contributed by atoms with Gasteiger partial charge in [-0.2, -0.15) is 0 Å². The largest absolute Gasteiger partial charge is 0.482 e. The van der Waals surface area contributed by atoms with Gasteiger partial charge < -0.3 is 25.1 Å². The molecule has 0 spiro atoms. The second-order valence-corrected chi connectivity index (χ2v) is 8.68. The zero-order chi connectivity index (χ0) is 26.6. The van der Waals surface area contributed by atoms with E-state index in [4.69, 9.17) is 9.47 Å². The van der Waals surface area contributed by atoms with Crippen molar-refractivity contribution in [1.82, 2.24) is 10.3 Å². The van der Waals surface area contributed by atoms with Crippen molar-refractivity contribution in [3.63, 3.8) is 0 Å². The Morgan fingerprint density at radius 3 is 2.61 bits per heavy atom. The van der Waals surface area contributed by atoms with Gasteiger partial charge in [0.1, 0.15) is 17.6 Å². The van der Waals surface area contributed by atoms with Crippen molar-refractivity contribution in [3.8, 4) is 5.75 Å². The van der Waals surface area contributed by atoms with Crippen LogP contribution >= 0.6 is 0 Å². The van der Waals surface area contributed by atoms with Crippen molar-refractivity contribution in [2.45, 2.75) is 12.5 Å². The van der Waals surface area contributed by atoms with Gasteiger partial charge in [-0.1, -0.05) is 18.2 Å². The highest BCUT2D eigenvalue weighted by Crippen LogP contribution is 2.28. The Labute approximate surface area is 215 Å². The Kier molecular flexibility index (Phi) is 6.86. The summed E-state index contributed by atoms with van der Waals surface area (Å²) in [6.45, 7) is -0.692. The molecule has 3 N–H and O–H groups in total. The molecule has 38 heavy (non-hydrogen) atoms. The van der Waals surface area contributed by atoms with Crippen LogP contribution in [0.25, 0.3) is 10.9 Å². The van der Waals surface area contributed by atoms with Gasteiger partial charge in [0.15, 0.2) is 19.0 Å². The minimum Gasteiger partial charge on any atom is -0.482 e. The molecule has 0 saturated carbocycles. The van der Waals surface area contributed by atoms with Crippen LogP contribution < -0.4 is 15.4 Å². The van der Waals surface area contributed by atoms with Crippen molar-refractivity contribution in [2.75, 3.05) is 18.5 Å². The maximum Gasteiger partial charge on any atom is 0.329 e. The number of rotatable bonds is 8. The molecule has 1 atom stereocenters. The number of Topliss-reactive ketones (excluding diaryl/α,β-unsaturated/α-hetero) is 1. The molecule has 4 aromatic rings. The van der Waals surface area contributed by atoms with Gasteiger partial charge in [-0.25, -0.2) is 9.18 Å². The fourth-order valence-electron chi connectivity index (χ4n) is 4.13. The van der Waals surface area contributed by atoms with Crippen LogP contribution in [-0.4, -0.2) is 47.8 Å². The van der Waals surface area contributed by atoms with Crippen molar-refractivity contribution in [1.29, 1.82) is 0 Å². The third-order valence-corrected chi connectivity index (χ3v) is 6.08. The monoisotopic (exact) mass is 515 g/mol. The Bertz CT molecular complexity index is 1550. The lowest BCUT2D eigenvalue weighted by molar-refractivity contribution is -0.144. The molecule has 0 bridgehead atoms. The van der Waals surface area contributed by atoms with E-state index < -0.39 is 36.1 Å². The number of aromatic amines is 1. The predicted molar refractivity (Wildman–Crippen MR) is 136 cm³/mol. The molecular formula is C28H22FN3O6. The molecule has 192 valence electrons. The Hall–Kier alpha value is -4.99. The molecule has 3 aromatic carbocycles. The van der Waals surface area contributed by atoms with Crippen LogP contribution in [0.4, 0.5) is 10.1 Å². The number of esters is 1. The summed E-state index contributed by atoms with van der Waals surface area (Å²) in [5.74, 6) is -2.32. The number of halogens is 1. The van der Waals surface area contributed by atoms with Gasteiger partial charge in [0.05, 0.1) is 5.69 Å². The number of benzene rings is 3. The molecule has 0 aliphatic carbocycles. The number of anilines is 1. The van der Waals surface area contributed by atoms with Gasteiger partial charge in [0.2, 0.25) is 0 Å². The molecule has 1 aliphatic rings. The van der Waals surface area contributed by atoms with E-state index in [2.05, 4.69) is 15.6 Å². The van der Waals surface area contributed by atoms with Crippen LogP contribution in [0.15, 0.2) is 72.9 Å². The Morgan fingerprint density at radius 2 is 1.79 bits per heavy atom. The summed E-state index contributed by atoms with van der Waals surface area (Å²) in [6.07, 6.45) is 1.83. The minimum absolute atomic E-state index is 0.0895. The average Bonchev–Trinajstić information content (AvgIpc) is 3.33. The van der Waals surface area contributed by atoms with Gasteiger partial charge >= 0.3 is 5.97 Å². The highest BCUT2D eigenvalue weighted by atomic mass is 19.1. The maximum absolute atomic E-state index is 13.3. The normalized spacial score (nSPS) is 13.1. The van der Waals surface area contributed by atoms with E-state index in [9.17, 15) is 23.6 Å². The fraction of sp³-hybridized carbons (Fsp3) is 0.143. The Balaban J connectivity index is 1.31. The highest BCUT2D eigenvalue weighted by Gasteiger charge is 2.26. The molecule has 2 heterocycles. The second-order valence-electron chi connectivity index (χ2n) is 8.68. The quantitative estimate of drug-likeness (QED) is 0.244. The number of ether oxygens (including phenoxy) is 2. The molecule has 0 unspecified atom stereocenters. The van der Waals surface area contributed by atoms with E-state index in [0.29, 0.717) is 11.4 Å². The standard InChI is InChI=1S/C28H22FN3O6/c29-19-8-5-16(6-9-19)27(35)32-23(12-18-13-30-21-4-2-1-3-20(18)21)28(36)38-14-24(33)17-7-10-25-22(11-17)31-26(34)15-37-25/h1-11,13,23,30H,12,14-15H2,(H,31,34)(H,32,35)/t23-/m0/s1. The van der Waals surface area contributed by atoms with Crippen LogP contribution in [0.2, 0.25) is 0 Å². The third kappa shape index (κ3) is 5.39. The molecule has 10 heteroatoms. The summed E-state index contributed by atoms with van der Waals surface area (Å²) in [5, 5.41) is 6.13. The maximum atomic E-state index is 13.3. The van der Waals surface area contributed by atoms with E-state index in [1.165, 1.54) is 24.3 Å². The topological polar surface area (TPSA) is 127 Å². The van der Waals surface area contributed by atoms with Crippen LogP contribution in [-0.2, 0) is 20.7 Å². The zero-order valence-corrected chi connectivity index (χ0v) is 20.0. The van der Waals surface area contributed by atoms with Crippen molar-refractivity contribution >= 4 is 40.2 Å². The average molecular weight is 515 g/mol. The van der Waals surface area contributed by atoms with Crippen LogP contribution in [0.1, 0.15) is 26.3 Å². The SMILES string of the molecule is O=C1COc2ccc(C(=O)COC(=O)[C@H](Cc3c[nH]c4ccccc34)NC(=O)c3ccc(F)cc3)cc2N1. The lowest BCUT2D eigenvalue weighted by Gasteiger charge is -2.19. The summed E-state index contributed by atoms with van der Waals surface area (Å²) in [5.41, 5.74) is 2.35. The molecule has 1 aromatic heterocycles. The van der Waals surface area contributed by atoms with Crippen molar-refractivity contribution < 1.29 is 33.0 Å². The first kappa shape index (κ1) is 24.7. The molecule has 0 fully saturated rings. The summed E-state index contributed by atoms with van der Waals surface area (Å²) >= 11 is 0. The minimum atomic E-state index is -1.13. The summed E-state index contributed by atoms with van der Waals surface area (Å²) in [4.78, 5) is 53.4. The number of hydrogen-bond acceptors (Lipinski definition) is 6. The lowest BCUT2D eigenvalue weighted by Crippen LogP contribution is -2.43. The van der Waals surface area contributed by atoms with Gasteiger partial charge in [-0.05, 0) is 54.1 Å². The van der Waals surface area contributed by atoms with Gasteiger partial charge in [0, 0.05) is 34.6 Å². The van der Waals surface area contributed by atoms with Crippen molar-refractivity contribution in [2.24, 2.45) is 0 Å². The smallest absolute Gasteiger partial charge is 0.329 e. The molecule has 1 aliphatic heterocycles. The number of hydrogen-bond donors (Lipinski definition) is 3. The van der Waals surface area contributed by atoms with Gasteiger partial charge in [-0.3, -0.25) is 14.4 Å². The number of carbonyl (C=O) groups is 4. The number of H-pyrrole nitrogens is 1. The summed E-state index contributed by atoms with van der Waals surface area (Å²) < 4.78 is 23.9. The van der Waals surface area contributed by atoms with Crippen LogP contribution in [0.5, 0.6) is 5.75 Å². The third-order valence-electron chi connectivity index (χ3n) is 6.08. The molecule has 5 rings (SSSR count).